The quantitative estimate of drug-likeness (QED) is 0.303. The van der Waals surface area contributed by atoms with Gasteiger partial charge in [0.1, 0.15) is 29.3 Å². The van der Waals surface area contributed by atoms with Crippen molar-refractivity contribution in [2.24, 2.45) is 5.73 Å². The Bertz CT molecular complexity index is 1610. The maximum Gasteiger partial charge on any atom is 0.424 e. The summed E-state index contributed by atoms with van der Waals surface area (Å²) in [5, 5.41) is 15.9. The van der Waals surface area contributed by atoms with E-state index in [0.29, 0.717) is 0 Å². The van der Waals surface area contributed by atoms with Crippen LogP contribution in [0.3, 0.4) is 0 Å². The molecule has 2 atom stereocenters. The highest BCUT2D eigenvalue weighted by Gasteiger charge is 2.57. The maximum atomic E-state index is 14.5. The monoisotopic (exact) mass is 559 g/mol. The van der Waals surface area contributed by atoms with Gasteiger partial charge in [-0.25, -0.2) is 9.37 Å². The molecular weight excluding hydrogens is 538 g/mol. The molecule has 39 heavy (non-hydrogen) atoms. The van der Waals surface area contributed by atoms with Gasteiger partial charge in [-0.2, -0.15) is 13.2 Å². The fourth-order valence-corrected chi connectivity index (χ4v) is 5.17. The molecule has 1 unspecified atom stereocenters. The van der Waals surface area contributed by atoms with E-state index >= 15 is 0 Å². The van der Waals surface area contributed by atoms with Crippen molar-refractivity contribution < 1.29 is 37.0 Å². The number of alkyl halides is 3. The van der Waals surface area contributed by atoms with Crippen LogP contribution in [0, 0.1) is 5.82 Å². The molecule has 5 rings (SSSR count). The van der Waals surface area contributed by atoms with E-state index in [-0.39, 0.29) is 34.7 Å². The highest BCUT2D eigenvalue weighted by molar-refractivity contribution is 7.17. The van der Waals surface area contributed by atoms with Crippen LogP contribution < -0.4 is 15.8 Å². The minimum atomic E-state index is -5.30. The van der Waals surface area contributed by atoms with Crippen LogP contribution in [0.5, 0.6) is 5.75 Å². The number of amides is 2. The first-order chi connectivity index (χ1) is 18.3. The summed E-state index contributed by atoms with van der Waals surface area (Å²) in [6.07, 6.45) is -5.30. The van der Waals surface area contributed by atoms with Crippen LogP contribution in [-0.2, 0) is 15.8 Å². The number of hydrogen-bond donors (Lipinski definition) is 3. The lowest BCUT2D eigenvalue weighted by Crippen LogP contribution is -2.51. The van der Waals surface area contributed by atoms with Crippen molar-refractivity contribution in [2.45, 2.75) is 24.1 Å². The molecule has 3 heterocycles. The largest absolute Gasteiger partial charge is 0.489 e. The summed E-state index contributed by atoms with van der Waals surface area (Å²) in [6, 6.07) is 12.1. The Morgan fingerprint density at radius 2 is 1.87 bits per heavy atom. The first-order valence-electron chi connectivity index (χ1n) is 11.6. The van der Waals surface area contributed by atoms with Crippen molar-refractivity contribution in [3.05, 3.63) is 82.6 Å². The van der Waals surface area contributed by atoms with Crippen LogP contribution in [0.15, 0.2) is 60.0 Å². The van der Waals surface area contributed by atoms with Gasteiger partial charge in [0, 0.05) is 21.4 Å². The number of aromatic nitrogens is 1. The highest BCUT2D eigenvalue weighted by Crippen LogP contribution is 2.47. The van der Waals surface area contributed by atoms with Gasteiger partial charge in [-0.05, 0) is 66.2 Å². The number of hydrogen-bond acceptors (Lipinski definition) is 6. The molecule has 1 aliphatic rings. The summed E-state index contributed by atoms with van der Waals surface area (Å²) in [6.45, 7) is -0.154. The van der Waals surface area contributed by atoms with Gasteiger partial charge in [-0.3, -0.25) is 9.59 Å². The van der Waals surface area contributed by atoms with Gasteiger partial charge in [-0.1, -0.05) is 6.07 Å². The number of carbonyl (C=O) groups excluding carboxylic acids is 2. The van der Waals surface area contributed by atoms with Crippen LogP contribution in [0.2, 0.25) is 0 Å². The second-order valence-electron chi connectivity index (χ2n) is 9.44. The molecule has 0 radical (unpaired) electrons. The molecule has 2 amide bonds. The molecule has 0 fully saturated rings. The van der Waals surface area contributed by atoms with E-state index in [1.165, 1.54) is 42.5 Å². The summed E-state index contributed by atoms with van der Waals surface area (Å²) in [7, 11) is 0. The van der Waals surface area contributed by atoms with Crippen molar-refractivity contribution in [3.63, 3.8) is 0 Å². The molecule has 0 saturated carbocycles. The van der Waals surface area contributed by atoms with Gasteiger partial charge in [0.15, 0.2) is 0 Å². The van der Waals surface area contributed by atoms with E-state index < -0.39 is 47.1 Å². The third kappa shape index (κ3) is 4.49. The van der Waals surface area contributed by atoms with Gasteiger partial charge in [0.05, 0.1) is 12.2 Å². The predicted octanol–water partition coefficient (Wildman–Crippen LogP) is 4.42. The fourth-order valence-electron chi connectivity index (χ4n) is 4.34. The van der Waals surface area contributed by atoms with E-state index in [1.54, 1.807) is 6.07 Å². The lowest BCUT2D eigenvalue weighted by molar-refractivity contribution is -0.265. The van der Waals surface area contributed by atoms with E-state index in [0.717, 1.165) is 28.3 Å². The zero-order valence-corrected chi connectivity index (χ0v) is 21.1. The van der Waals surface area contributed by atoms with Crippen molar-refractivity contribution in [3.8, 4) is 17.0 Å². The molecule has 12 heteroatoms. The summed E-state index contributed by atoms with van der Waals surface area (Å²) in [4.78, 5) is 29.2. The molecular formula is C27H21F4N3O4S. The first-order valence-corrected chi connectivity index (χ1v) is 12.5. The number of thiophene rings is 1. The van der Waals surface area contributed by atoms with Crippen molar-refractivity contribution >= 4 is 33.2 Å². The van der Waals surface area contributed by atoms with E-state index in [1.807, 2.05) is 11.4 Å². The van der Waals surface area contributed by atoms with Crippen LogP contribution in [0.4, 0.5) is 17.6 Å². The summed E-state index contributed by atoms with van der Waals surface area (Å²) in [5.41, 5.74) is -0.399. The lowest BCUT2D eigenvalue weighted by Gasteiger charge is -2.31. The molecule has 7 nitrogen and oxygen atoms in total. The number of fused-ring (bicyclic) bond motifs is 2. The first kappa shape index (κ1) is 26.6. The average Bonchev–Trinajstić information content (AvgIpc) is 3.51. The molecule has 2 aromatic heterocycles. The van der Waals surface area contributed by atoms with Gasteiger partial charge in [-0.15, -0.1) is 11.3 Å². The number of ether oxygens (including phenoxy) is 1. The number of pyridine rings is 1. The topological polar surface area (TPSA) is 115 Å². The van der Waals surface area contributed by atoms with E-state index in [2.05, 4.69) is 10.3 Å². The van der Waals surface area contributed by atoms with Crippen LogP contribution in [0.1, 0.15) is 28.5 Å². The minimum absolute atomic E-state index is 0.00975. The zero-order valence-electron chi connectivity index (χ0n) is 20.3. The molecule has 1 aliphatic heterocycles. The average molecular weight is 560 g/mol. The minimum Gasteiger partial charge on any atom is -0.489 e. The zero-order chi connectivity index (χ0) is 28.2. The Hall–Kier alpha value is -4.03. The SMILES string of the molecule is C[C@]1(C(N)=O)COc2c1cc(C(O)(CNC(=O)c1ccc3ccsc3c1)C(F)(F)F)nc2-c1ccc(F)cc1. The van der Waals surface area contributed by atoms with Crippen molar-refractivity contribution in [2.75, 3.05) is 13.2 Å². The number of carbonyl (C=O) groups is 2. The van der Waals surface area contributed by atoms with Crippen molar-refractivity contribution in [1.29, 1.82) is 0 Å². The second kappa shape index (κ2) is 9.31. The number of nitrogens with one attached hydrogen (secondary N) is 1. The molecule has 0 saturated heterocycles. The van der Waals surface area contributed by atoms with Gasteiger partial charge in [0.2, 0.25) is 11.5 Å². The summed E-state index contributed by atoms with van der Waals surface area (Å²) >= 11 is 1.36. The van der Waals surface area contributed by atoms with Gasteiger partial charge >= 0.3 is 6.18 Å². The Morgan fingerprint density at radius 1 is 1.15 bits per heavy atom. The molecule has 4 aromatic rings. The van der Waals surface area contributed by atoms with Gasteiger partial charge < -0.3 is 20.9 Å². The Balaban J connectivity index is 1.59. The van der Waals surface area contributed by atoms with Gasteiger partial charge in [0.25, 0.3) is 5.91 Å². The normalized spacial score (nSPS) is 18.3. The number of nitrogens with zero attached hydrogens (tertiary/aromatic N) is 1. The number of primary amides is 1. The molecule has 202 valence electrons. The van der Waals surface area contributed by atoms with Crippen molar-refractivity contribution in [1.82, 2.24) is 10.3 Å². The second-order valence-corrected chi connectivity index (χ2v) is 10.4. The van der Waals surface area contributed by atoms with Crippen LogP contribution in [-0.4, -0.2) is 41.2 Å². The lowest BCUT2D eigenvalue weighted by atomic mass is 9.81. The Kier molecular flexibility index (Phi) is 6.34. The third-order valence-electron chi connectivity index (χ3n) is 6.85. The Morgan fingerprint density at radius 3 is 2.54 bits per heavy atom. The molecule has 0 aliphatic carbocycles. The smallest absolute Gasteiger partial charge is 0.424 e. The molecule has 4 N–H and O–H groups in total. The predicted molar refractivity (Wildman–Crippen MR) is 136 cm³/mol. The summed E-state index contributed by atoms with van der Waals surface area (Å²) < 4.78 is 63.4. The highest BCUT2D eigenvalue weighted by atomic mass is 32.1. The number of rotatable bonds is 6. The third-order valence-corrected chi connectivity index (χ3v) is 7.73. The molecule has 0 spiro atoms. The fraction of sp³-hybridized carbons (Fsp3) is 0.222. The number of nitrogens with two attached hydrogens (primary N) is 1. The van der Waals surface area contributed by atoms with E-state index in [9.17, 15) is 32.3 Å². The summed E-state index contributed by atoms with van der Waals surface area (Å²) in [5.74, 6) is -2.30. The maximum absolute atomic E-state index is 14.5. The Labute approximate surface area is 223 Å². The standard InChI is InChI=1S/C27H21F4N3O4S/c1-25(24(32)36)13-38-22-18(25)11-20(34-21(22)15-4-6-17(28)7-5-15)26(37,27(29,30)31)12-33-23(35)16-3-2-14-8-9-39-19(14)10-16/h2-11,37H,12-13H2,1H3,(H2,32,36)(H,33,35)/t25-,26?/m0/s1. The molecule has 0 bridgehead atoms. The number of benzene rings is 2. The number of aliphatic hydroxyl groups is 1. The molecule has 2 aromatic carbocycles. The number of halogens is 4. The van der Waals surface area contributed by atoms with E-state index in [4.69, 9.17) is 10.5 Å². The van der Waals surface area contributed by atoms with Crippen LogP contribution >= 0.6 is 11.3 Å². The van der Waals surface area contributed by atoms with Crippen LogP contribution in [0.25, 0.3) is 21.3 Å².